The average molecular weight is 1570 g/mol. The molecule has 0 radical (unpaired) electrons. The van der Waals surface area contributed by atoms with Crippen LogP contribution in [0.3, 0.4) is 0 Å². The second-order valence-corrected chi connectivity index (χ2v) is 31.2. The topological polar surface area (TPSA) is 594 Å². The molecule has 38 heteroatoms. The lowest BCUT2D eigenvalue weighted by molar-refractivity contribution is -0.144. The lowest BCUT2D eigenvalue weighted by Gasteiger charge is -2.32. The fourth-order valence-corrected chi connectivity index (χ4v) is 13.0. The molecule has 2 heterocycles. The molecule has 37 nitrogen and oxygen atoms in total. The Labute approximate surface area is 641 Å². The number of rotatable bonds is 51. The van der Waals surface area contributed by atoms with Crippen LogP contribution in [0, 0.1) is 29.6 Å². The number of carbonyl (C=O) groups is 17. The van der Waals surface area contributed by atoms with Gasteiger partial charge >= 0.3 is 11.9 Å². The lowest BCUT2D eigenvalue weighted by atomic mass is 10.00. The molecule has 2 fully saturated rings. The highest BCUT2D eigenvalue weighted by Gasteiger charge is 2.44. The van der Waals surface area contributed by atoms with Crippen LogP contribution in [0.4, 0.5) is 0 Å². The molecule has 15 amide bonds. The van der Waals surface area contributed by atoms with E-state index in [0.29, 0.717) is 18.6 Å². The van der Waals surface area contributed by atoms with Crippen LogP contribution >= 0.6 is 11.8 Å². The maximum atomic E-state index is 14.6. The molecule has 2 aliphatic heterocycles. The molecule has 0 bridgehead atoms. The molecule has 14 atom stereocenters. The maximum absolute atomic E-state index is 14.6. The number of aliphatic carboxylic acids is 2. The number of likely N-dealkylation sites (tertiary alicyclic amines) is 2. The zero-order valence-electron chi connectivity index (χ0n) is 65.1. The summed E-state index contributed by atoms with van der Waals surface area (Å²) < 4.78 is 0. The number of nitrogens with one attached hydrogen (secondary N) is 11. The van der Waals surface area contributed by atoms with Gasteiger partial charge in [0.25, 0.3) is 0 Å². The first kappa shape index (κ1) is 96.3. The van der Waals surface area contributed by atoms with Crippen molar-refractivity contribution < 1.29 is 96.8 Å². The van der Waals surface area contributed by atoms with Gasteiger partial charge in [-0.3, -0.25) is 76.7 Å². The predicted molar refractivity (Wildman–Crippen MR) is 401 cm³/mol. The van der Waals surface area contributed by atoms with E-state index in [-0.39, 0.29) is 120 Å². The molecular weight excluding hydrogens is 1440 g/mol. The third-order valence-electron chi connectivity index (χ3n) is 18.0. The van der Waals surface area contributed by atoms with E-state index in [1.54, 1.807) is 47.8 Å². The van der Waals surface area contributed by atoms with Gasteiger partial charge < -0.3 is 107 Å². The van der Waals surface area contributed by atoms with Crippen LogP contribution < -0.4 is 81.4 Å². The largest absolute Gasteiger partial charge is 0.481 e. The molecule has 0 saturated carbocycles. The quantitative estimate of drug-likeness (QED) is 0.0267. The van der Waals surface area contributed by atoms with Gasteiger partial charge in [0.1, 0.15) is 72.5 Å². The van der Waals surface area contributed by atoms with Gasteiger partial charge in [0, 0.05) is 25.9 Å². The molecule has 2 saturated heterocycles. The smallest absolute Gasteiger partial charge is 0.326 e. The van der Waals surface area contributed by atoms with Crippen molar-refractivity contribution >= 4 is 112 Å². The third kappa shape index (κ3) is 35.2. The molecule has 0 aliphatic carbocycles. The summed E-state index contributed by atoms with van der Waals surface area (Å²) in [6, 6.07) is -18.1. The van der Waals surface area contributed by atoms with Gasteiger partial charge in [0.2, 0.25) is 88.6 Å². The second-order valence-electron chi connectivity index (χ2n) is 30.2. The Morgan fingerprint density at radius 1 is 0.440 bits per heavy atom. The van der Waals surface area contributed by atoms with Crippen molar-refractivity contribution in [1.29, 1.82) is 0 Å². The van der Waals surface area contributed by atoms with Crippen LogP contribution in [0.2, 0.25) is 0 Å². The summed E-state index contributed by atoms with van der Waals surface area (Å²) in [7, 11) is 0. The van der Waals surface area contributed by atoms with E-state index < -0.39 is 224 Å². The van der Waals surface area contributed by atoms with Crippen molar-refractivity contribution in [2.75, 3.05) is 38.2 Å². The number of aliphatic hydroxyl groups excluding tert-OH is 1. The Kier molecular flexibility index (Phi) is 43.0. The maximum Gasteiger partial charge on any atom is 0.326 e. The number of primary amides is 2. The van der Waals surface area contributed by atoms with Gasteiger partial charge in [0.15, 0.2) is 0 Å². The van der Waals surface area contributed by atoms with E-state index >= 15 is 0 Å². The molecule has 0 aromatic carbocycles. The summed E-state index contributed by atoms with van der Waals surface area (Å²) in [5.74, 6) is -16.5. The van der Waals surface area contributed by atoms with Crippen LogP contribution in [0.5, 0.6) is 0 Å². The molecule has 0 unspecified atom stereocenters. The Bertz CT molecular complexity index is 3120. The van der Waals surface area contributed by atoms with Crippen LogP contribution in [-0.4, -0.2) is 249 Å². The molecule has 2 rings (SSSR count). The van der Waals surface area contributed by atoms with E-state index in [2.05, 4.69) is 58.5 Å². The zero-order valence-corrected chi connectivity index (χ0v) is 65.9. The van der Waals surface area contributed by atoms with E-state index in [0.717, 1.165) is 4.90 Å². The standard InChI is InChI=1S/C71H123N17O20S/c1-36(2)29-42(73)59(95)81-47(30-37(3)4)64(100)79-46(24-28-109-12)60(96)76-35-56(92)86-58(41(11)89)70(106)88-27-16-19-53(88)68(104)83-48(31-38(5)6)65(101)78-44(20-22-54(74)90)62(98)82-49(34-55(75)91)66(102)77-43(17-13-14-25-72)61(97)84-50(32-39(7)8)69(105)87-26-15-18-52(87)67(103)80-45(21-23-57(93)94)63(99)85-51(71(107)108)33-40(9)10/h36-53,58,89H,13-35,72-73H2,1-12H3,(H2,74,90)(H2,75,91)(H,76,96)(H,77,102)(H,78,101)(H,79,100)(H,80,103)(H,81,95)(H,82,98)(H,83,104)(H,84,97)(H,85,99)(H,86,92)(H,93,94)(H,107,108)/t41-,42+,43+,44+,45+,46+,47+,48+,49+,50+,51+,52+,53+,58+/m1/s1. The van der Waals surface area contributed by atoms with Gasteiger partial charge in [-0.2, -0.15) is 11.8 Å². The minimum atomic E-state index is -1.88. The number of nitrogens with zero attached hydrogens (tertiary/aromatic N) is 2. The Balaban J connectivity index is 2.40. The van der Waals surface area contributed by atoms with Gasteiger partial charge in [-0.25, -0.2) is 4.79 Å². The van der Waals surface area contributed by atoms with Crippen LogP contribution in [0.15, 0.2) is 0 Å². The van der Waals surface area contributed by atoms with Crippen molar-refractivity contribution in [1.82, 2.24) is 68.3 Å². The number of nitrogens with two attached hydrogens (primary N) is 4. The number of carboxylic acids is 2. The highest BCUT2D eigenvalue weighted by molar-refractivity contribution is 7.98. The summed E-state index contributed by atoms with van der Waals surface area (Å²) in [5, 5.41) is 58.0. The number of hydrogen-bond donors (Lipinski definition) is 18. The summed E-state index contributed by atoms with van der Waals surface area (Å²) >= 11 is 1.39. The molecule has 22 N–H and O–H groups in total. The number of carbonyl (C=O) groups excluding carboxylic acids is 15. The number of thioether (sulfide) groups is 1. The van der Waals surface area contributed by atoms with Gasteiger partial charge in [-0.1, -0.05) is 69.2 Å². The minimum Gasteiger partial charge on any atom is -0.481 e. The minimum absolute atomic E-state index is 0.000561. The molecule has 109 heavy (non-hydrogen) atoms. The summed E-state index contributed by atoms with van der Waals surface area (Å²) in [4.78, 5) is 233. The molecule has 0 spiro atoms. The third-order valence-corrected chi connectivity index (χ3v) is 18.6. The molecular formula is C71H123N17O20S. The fourth-order valence-electron chi connectivity index (χ4n) is 12.5. The molecule has 618 valence electrons. The van der Waals surface area contributed by atoms with Crippen LogP contribution in [-0.2, 0) is 81.5 Å². The first-order valence-electron chi connectivity index (χ1n) is 37.6. The van der Waals surface area contributed by atoms with Crippen LogP contribution in [0.25, 0.3) is 0 Å². The normalized spacial score (nSPS) is 17.5. The van der Waals surface area contributed by atoms with Crippen molar-refractivity contribution in [3.8, 4) is 0 Å². The first-order valence-corrected chi connectivity index (χ1v) is 39.0. The van der Waals surface area contributed by atoms with E-state index in [4.69, 9.17) is 22.9 Å². The number of hydrogen-bond acceptors (Lipinski definition) is 21. The first-order chi connectivity index (χ1) is 51.0. The van der Waals surface area contributed by atoms with E-state index in [9.17, 15) is 96.8 Å². The highest BCUT2D eigenvalue weighted by atomic mass is 32.2. The average Bonchev–Trinajstić information content (AvgIpc) is 1.73. The fraction of sp³-hybridized carbons (Fsp3) is 0.761. The zero-order chi connectivity index (χ0) is 82.7. The predicted octanol–water partition coefficient (Wildman–Crippen LogP) is -3.16. The van der Waals surface area contributed by atoms with Crippen molar-refractivity contribution in [2.24, 2.45) is 52.5 Å². The Morgan fingerprint density at radius 2 is 0.835 bits per heavy atom. The van der Waals surface area contributed by atoms with Gasteiger partial charge in [0.05, 0.1) is 25.1 Å². The number of aliphatic hydroxyl groups is 1. The van der Waals surface area contributed by atoms with Gasteiger partial charge in [-0.05, 0) is 151 Å². The SMILES string of the molecule is CSCC[C@H](NC(=O)[C@H](CC(C)C)NC(=O)[C@@H](N)CC(C)C)C(=O)NCC(=O)N[C@H](C(=O)N1CCC[C@H]1C(=O)N[C@@H](CC(C)C)C(=O)N[C@@H](CCC(N)=O)C(=O)N[C@@H](CC(N)=O)C(=O)N[C@@H](CCCCN)C(=O)N[C@@H](CC(C)C)C(=O)N1CCC[C@H]1C(=O)N[C@@H](CCC(=O)O)C(=O)N[C@@H](CC(C)C)C(=O)O)[C@@H](C)O. The number of amides is 15. The number of unbranched alkanes of at least 4 members (excludes halogenated alkanes) is 1. The number of carboxylic acid groups (broad SMARTS) is 2. The van der Waals surface area contributed by atoms with Crippen LogP contribution in [0.1, 0.15) is 192 Å². The molecule has 0 aromatic rings. The Morgan fingerprint density at radius 3 is 1.29 bits per heavy atom. The monoisotopic (exact) mass is 1570 g/mol. The summed E-state index contributed by atoms with van der Waals surface area (Å²) in [6.45, 7) is 18.4. The van der Waals surface area contributed by atoms with Crippen molar-refractivity contribution in [3.05, 3.63) is 0 Å². The second kappa shape index (κ2) is 48.7. The summed E-state index contributed by atoms with van der Waals surface area (Å²) in [6.07, 6.45) is -1.06. The molecule has 2 aliphatic rings. The van der Waals surface area contributed by atoms with E-state index in [1.165, 1.54) is 23.6 Å². The van der Waals surface area contributed by atoms with Crippen molar-refractivity contribution in [3.63, 3.8) is 0 Å². The summed E-state index contributed by atoms with van der Waals surface area (Å²) in [5.41, 5.74) is 23.0. The van der Waals surface area contributed by atoms with Gasteiger partial charge in [-0.15, -0.1) is 0 Å². The lowest BCUT2D eigenvalue weighted by Crippen LogP contribution is -2.61. The molecule has 0 aromatic heterocycles. The van der Waals surface area contributed by atoms with E-state index in [1.807, 2.05) is 27.7 Å². The Hall–Kier alpha value is -8.78. The van der Waals surface area contributed by atoms with Crippen molar-refractivity contribution in [2.45, 2.75) is 276 Å². The highest BCUT2D eigenvalue weighted by Crippen LogP contribution is 2.24.